The lowest BCUT2D eigenvalue weighted by atomic mass is 10.0. The van der Waals surface area contributed by atoms with Crippen LogP contribution in [0.15, 0.2) is 0 Å². The minimum Gasteiger partial charge on any atom is -0.387 e. The molecule has 0 saturated carbocycles. The van der Waals surface area contributed by atoms with Gasteiger partial charge in [0.1, 0.15) is 0 Å². The second-order valence-electron chi connectivity index (χ2n) is 4.63. The molecule has 0 aromatic heterocycles. The minimum absolute atomic E-state index is 0.0649. The summed E-state index contributed by atoms with van der Waals surface area (Å²) < 4.78 is 0. The van der Waals surface area contributed by atoms with Gasteiger partial charge in [0.15, 0.2) is 0 Å². The molecule has 4 heteroatoms. The van der Waals surface area contributed by atoms with E-state index in [0.717, 1.165) is 12.8 Å². The molecule has 0 aromatic carbocycles. The topological polar surface area (TPSA) is 66.6 Å². The van der Waals surface area contributed by atoms with Gasteiger partial charge in [-0.2, -0.15) is 0 Å². The highest BCUT2D eigenvalue weighted by molar-refractivity contribution is 5.78. The largest absolute Gasteiger partial charge is 0.387 e. The van der Waals surface area contributed by atoms with Crippen molar-refractivity contribution in [3.05, 3.63) is 0 Å². The molecule has 0 aromatic rings. The van der Waals surface area contributed by atoms with Crippen molar-refractivity contribution in [2.45, 2.75) is 38.7 Å². The third kappa shape index (κ3) is 2.92. The molecule has 1 fully saturated rings. The Hall–Kier alpha value is -0.610. The molecular weight excluding hydrogens is 192 g/mol. The van der Waals surface area contributed by atoms with Crippen molar-refractivity contribution >= 4 is 5.91 Å². The fourth-order valence-corrected chi connectivity index (χ4v) is 2.08. The molecule has 1 aliphatic heterocycles. The van der Waals surface area contributed by atoms with Gasteiger partial charge >= 0.3 is 0 Å². The van der Waals surface area contributed by atoms with Gasteiger partial charge in [-0.05, 0) is 12.8 Å². The van der Waals surface area contributed by atoms with E-state index in [2.05, 4.69) is 6.92 Å². The highest BCUT2D eigenvalue weighted by Crippen LogP contribution is 2.22. The van der Waals surface area contributed by atoms with Gasteiger partial charge in [0.2, 0.25) is 5.91 Å². The molecule has 0 spiro atoms. The number of hydrogen-bond donors (Lipinski definition) is 2. The van der Waals surface area contributed by atoms with Crippen LogP contribution in [-0.4, -0.2) is 41.1 Å². The molecule has 1 rings (SSSR count). The van der Waals surface area contributed by atoms with Crippen LogP contribution < -0.4 is 5.73 Å². The Bertz CT molecular complexity index is 233. The Morgan fingerprint density at radius 2 is 2.33 bits per heavy atom. The van der Waals surface area contributed by atoms with Gasteiger partial charge in [0.05, 0.1) is 12.1 Å². The van der Waals surface area contributed by atoms with Crippen molar-refractivity contribution in [2.24, 2.45) is 11.7 Å². The van der Waals surface area contributed by atoms with Crippen molar-refractivity contribution < 1.29 is 9.90 Å². The average molecular weight is 214 g/mol. The molecule has 2 unspecified atom stereocenters. The zero-order chi connectivity index (χ0) is 11.5. The van der Waals surface area contributed by atoms with Crippen molar-refractivity contribution in [3.8, 4) is 0 Å². The number of β-amino-alcohol motifs (C(OH)–C–C–N with tert-alkyl or cyclic N) is 1. The van der Waals surface area contributed by atoms with E-state index in [-0.39, 0.29) is 18.4 Å². The average Bonchev–Trinajstić information content (AvgIpc) is 2.61. The lowest BCUT2D eigenvalue weighted by Gasteiger charge is -2.23. The van der Waals surface area contributed by atoms with Crippen molar-refractivity contribution in [3.63, 3.8) is 0 Å². The van der Waals surface area contributed by atoms with Crippen molar-refractivity contribution in [2.75, 3.05) is 19.6 Å². The second kappa shape index (κ2) is 4.94. The first-order chi connectivity index (χ1) is 7.02. The van der Waals surface area contributed by atoms with E-state index in [1.165, 1.54) is 0 Å². The van der Waals surface area contributed by atoms with Gasteiger partial charge < -0.3 is 15.7 Å². The summed E-state index contributed by atoms with van der Waals surface area (Å²) in [5.41, 5.74) is 4.63. The van der Waals surface area contributed by atoms with Crippen LogP contribution in [0.1, 0.15) is 33.1 Å². The van der Waals surface area contributed by atoms with E-state index >= 15 is 0 Å². The predicted octanol–water partition coefficient (Wildman–Crippen LogP) is 0.345. The van der Waals surface area contributed by atoms with E-state index in [1.54, 1.807) is 4.90 Å². The van der Waals surface area contributed by atoms with Crippen LogP contribution in [0.25, 0.3) is 0 Å². The summed E-state index contributed by atoms with van der Waals surface area (Å²) in [6, 6.07) is 0. The fourth-order valence-electron chi connectivity index (χ4n) is 2.08. The third-order valence-electron chi connectivity index (χ3n) is 3.17. The molecule has 0 aliphatic carbocycles. The predicted molar refractivity (Wildman–Crippen MR) is 59.3 cm³/mol. The summed E-state index contributed by atoms with van der Waals surface area (Å²) in [5, 5.41) is 9.91. The monoisotopic (exact) mass is 214 g/mol. The number of likely N-dealkylation sites (tertiary alicyclic amines) is 1. The standard InChI is InChI=1S/C11H22N2O2/c1-3-4-9(2)10(14)13-6-5-11(15,7-12)8-13/h9,15H,3-8,12H2,1-2H3. The van der Waals surface area contributed by atoms with Crippen molar-refractivity contribution in [1.29, 1.82) is 0 Å². The highest BCUT2D eigenvalue weighted by atomic mass is 16.3. The number of carbonyl (C=O) groups is 1. The SMILES string of the molecule is CCCC(C)C(=O)N1CCC(O)(CN)C1. The van der Waals surface area contributed by atoms with Crippen LogP contribution in [0, 0.1) is 5.92 Å². The maximum Gasteiger partial charge on any atom is 0.225 e. The molecule has 3 N–H and O–H groups in total. The molecule has 1 heterocycles. The van der Waals surface area contributed by atoms with E-state index in [1.807, 2.05) is 6.92 Å². The van der Waals surface area contributed by atoms with Crippen LogP contribution in [-0.2, 0) is 4.79 Å². The molecule has 15 heavy (non-hydrogen) atoms. The summed E-state index contributed by atoms with van der Waals surface area (Å²) in [7, 11) is 0. The zero-order valence-corrected chi connectivity index (χ0v) is 9.70. The first-order valence-electron chi connectivity index (χ1n) is 5.73. The lowest BCUT2D eigenvalue weighted by molar-refractivity contribution is -0.135. The number of nitrogens with two attached hydrogens (primary N) is 1. The maximum atomic E-state index is 11.9. The minimum atomic E-state index is -0.846. The third-order valence-corrected chi connectivity index (χ3v) is 3.17. The van der Waals surface area contributed by atoms with E-state index in [0.29, 0.717) is 19.5 Å². The van der Waals surface area contributed by atoms with E-state index < -0.39 is 5.60 Å². The molecule has 2 atom stereocenters. The number of aliphatic hydroxyl groups is 1. The Morgan fingerprint density at radius 1 is 1.67 bits per heavy atom. The van der Waals surface area contributed by atoms with Gasteiger partial charge in [0.25, 0.3) is 0 Å². The zero-order valence-electron chi connectivity index (χ0n) is 9.70. The number of nitrogens with zero attached hydrogens (tertiary/aromatic N) is 1. The Labute approximate surface area is 91.4 Å². The Kier molecular flexibility index (Phi) is 4.11. The summed E-state index contributed by atoms with van der Waals surface area (Å²) >= 11 is 0. The maximum absolute atomic E-state index is 11.9. The normalized spacial score (nSPS) is 28.1. The van der Waals surface area contributed by atoms with Crippen LogP contribution >= 0.6 is 0 Å². The second-order valence-corrected chi connectivity index (χ2v) is 4.63. The number of amides is 1. The van der Waals surface area contributed by atoms with Crippen LogP contribution in [0.2, 0.25) is 0 Å². The molecule has 4 nitrogen and oxygen atoms in total. The van der Waals surface area contributed by atoms with Gasteiger partial charge in [-0.15, -0.1) is 0 Å². The molecule has 1 aliphatic rings. The molecular formula is C11H22N2O2. The number of carbonyl (C=O) groups excluding carboxylic acids is 1. The Balaban J connectivity index is 2.50. The smallest absolute Gasteiger partial charge is 0.225 e. The van der Waals surface area contributed by atoms with Gasteiger partial charge in [-0.3, -0.25) is 4.79 Å². The van der Waals surface area contributed by atoms with Crippen molar-refractivity contribution in [1.82, 2.24) is 4.90 Å². The molecule has 0 radical (unpaired) electrons. The summed E-state index contributed by atoms with van der Waals surface area (Å²) in [6.07, 6.45) is 2.53. The van der Waals surface area contributed by atoms with Gasteiger partial charge in [-0.25, -0.2) is 0 Å². The lowest BCUT2D eigenvalue weighted by Crippen LogP contribution is -2.42. The van der Waals surface area contributed by atoms with Crippen LogP contribution in [0.5, 0.6) is 0 Å². The summed E-state index contributed by atoms with van der Waals surface area (Å²) in [5.74, 6) is 0.219. The molecule has 0 bridgehead atoms. The fraction of sp³-hybridized carbons (Fsp3) is 0.909. The quantitative estimate of drug-likeness (QED) is 0.709. The first kappa shape index (κ1) is 12.5. The Morgan fingerprint density at radius 3 is 2.80 bits per heavy atom. The number of hydrogen-bond acceptors (Lipinski definition) is 3. The van der Waals surface area contributed by atoms with Gasteiger partial charge in [0, 0.05) is 19.0 Å². The highest BCUT2D eigenvalue weighted by Gasteiger charge is 2.37. The van der Waals surface area contributed by atoms with E-state index in [4.69, 9.17) is 5.73 Å². The summed E-state index contributed by atoms with van der Waals surface area (Å²) in [4.78, 5) is 13.7. The molecule has 88 valence electrons. The van der Waals surface area contributed by atoms with Gasteiger partial charge in [-0.1, -0.05) is 20.3 Å². The number of rotatable bonds is 4. The molecule has 1 amide bonds. The molecule has 1 saturated heterocycles. The first-order valence-corrected chi connectivity index (χ1v) is 5.73. The summed E-state index contributed by atoms with van der Waals surface area (Å²) in [6.45, 7) is 5.30. The van der Waals surface area contributed by atoms with E-state index in [9.17, 15) is 9.90 Å². The van der Waals surface area contributed by atoms with Crippen LogP contribution in [0.4, 0.5) is 0 Å². The van der Waals surface area contributed by atoms with Crippen LogP contribution in [0.3, 0.4) is 0 Å².